The van der Waals surface area contributed by atoms with Crippen LogP contribution < -0.4 is 10.6 Å². The number of nitrogens with zero attached hydrogens (tertiary/aromatic N) is 4. The number of anilines is 2. The van der Waals surface area contributed by atoms with Crippen LogP contribution in [0.2, 0.25) is 0 Å². The minimum absolute atomic E-state index is 0.113. The van der Waals surface area contributed by atoms with E-state index in [9.17, 15) is 9.59 Å². The van der Waals surface area contributed by atoms with Crippen LogP contribution in [0, 0.1) is 13.8 Å². The normalized spacial score (nSPS) is 18.0. The van der Waals surface area contributed by atoms with E-state index in [-0.39, 0.29) is 18.4 Å². The molecule has 0 saturated carbocycles. The van der Waals surface area contributed by atoms with Gasteiger partial charge in [-0.05, 0) is 57.0 Å². The second-order valence-corrected chi connectivity index (χ2v) is 8.35. The summed E-state index contributed by atoms with van der Waals surface area (Å²) in [5.41, 5.74) is 2.00. The van der Waals surface area contributed by atoms with E-state index in [4.69, 9.17) is 0 Å². The molecule has 8 heteroatoms. The van der Waals surface area contributed by atoms with Crippen LogP contribution in [0.1, 0.15) is 40.4 Å². The van der Waals surface area contributed by atoms with Gasteiger partial charge >= 0.3 is 0 Å². The number of pyridine rings is 1. The van der Waals surface area contributed by atoms with E-state index in [2.05, 4.69) is 25.6 Å². The summed E-state index contributed by atoms with van der Waals surface area (Å²) < 4.78 is 0. The third kappa shape index (κ3) is 4.69. The average molecular weight is 445 g/mol. The fourth-order valence-electron chi connectivity index (χ4n) is 4.47. The summed E-state index contributed by atoms with van der Waals surface area (Å²) >= 11 is 0. The minimum atomic E-state index is -0.865. The van der Waals surface area contributed by atoms with Gasteiger partial charge in [-0.1, -0.05) is 12.1 Å². The molecular formula is C25H28N6O2. The third-order valence-electron chi connectivity index (χ3n) is 5.94. The number of carbonyl (C=O) groups is 2. The van der Waals surface area contributed by atoms with Crippen LogP contribution in [0.15, 0.2) is 54.7 Å². The lowest BCUT2D eigenvalue weighted by atomic mass is 9.75. The molecule has 3 heterocycles. The van der Waals surface area contributed by atoms with Crippen LogP contribution in [0.5, 0.6) is 0 Å². The van der Waals surface area contributed by atoms with Crippen LogP contribution in [0.25, 0.3) is 0 Å². The second-order valence-electron chi connectivity index (χ2n) is 8.35. The van der Waals surface area contributed by atoms with Gasteiger partial charge in [-0.3, -0.25) is 14.6 Å². The lowest BCUT2D eigenvalue weighted by Crippen LogP contribution is -2.56. The quantitative estimate of drug-likeness (QED) is 0.627. The van der Waals surface area contributed by atoms with Crippen molar-refractivity contribution in [3.05, 3.63) is 77.5 Å². The fraction of sp³-hybridized carbons (Fsp3) is 0.320. The van der Waals surface area contributed by atoms with Crippen molar-refractivity contribution in [1.29, 1.82) is 0 Å². The Morgan fingerprint density at radius 1 is 1.06 bits per heavy atom. The number of aryl methyl sites for hydroxylation is 2. The molecule has 0 bridgehead atoms. The van der Waals surface area contributed by atoms with Crippen molar-refractivity contribution in [3.63, 3.8) is 0 Å². The van der Waals surface area contributed by atoms with Crippen molar-refractivity contribution in [2.45, 2.75) is 32.1 Å². The van der Waals surface area contributed by atoms with Crippen LogP contribution in [-0.4, -0.2) is 51.8 Å². The van der Waals surface area contributed by atoms with Gasteiger partial charge in [0.25, 0.3) is 5.91 Å². The zero-order valence-electron chi connectivity index (χ0n) is 19.1. The largest absolute Gasteiger partial charge is 0.358 e. The first-order chi connectivity index (χ1) is 15.9. The number of carbonyl (C=O) groups excluding carboxylic acids is 2. The number of piperidine rings is 1. The maximum Gasteiger partial charge on any atom is 0.253 e. The number of benzene rings is 1. The monoisotopic (exact) mass is 444 g/mol. The first kappa shape index (κ1) is 22.4. The smallest absolute Gasteiger partial charge is 0.253 e. The van der Waals surface area contributed by atoms with Crippen molar-refractivity contribution in [2.24, 2.45) is 0 Å². The molecule has 8 nitrogen and oxygen atoms in total. The molecule has 0 radical (unpaired) electrons. The van der Waals surface area contributed by atoms with Gasteiger partial charge < -0.3 is 15.5 Å². The number of amides is 2. The SMILES string of the molecule is CNC(=O)[C@@]1(c2ccccn2)CCCN(C(=O)c2cccc(Nc3cc(C)nc(C)n3)c2)C1. The molecule has 1 aromatic carbocycles. The second kappa shape index (κ2) is 9.36. The van der Waals surface area contributed by atoms with Crippen LogP contribution in [0.3, 0.4) is 0 Å². The molecule has 3 aromatic rings. The van der Waals surface area contributed by atoms with E-state index in [0.29, 0.717) is 42.3 Å². The Balaban J connectivity index is 1.59. The van der Waals surface area contributed by atoms with Crippen molar-refractivity contribution in [3.8, 4) is 0 Å². The first-order valence-corrected chi connectivity index (χ1v) is 11.0. The summed E-state index contributed by atoms with van der Waals surface area (Å²) in [6.45, 7) is 4.63. The van der Waals surface area contributed by atoms with Crippen LogP contribution in [0.4, 0.5) is 11.5 Å². The molecule has 33 heavy (non-hydrogen) atoms. The Labute approximate surface area is 193 Å². The number of likely N-dealkylation sites (tertiary alicyclic amines) is 1. The molecule has 1 aliphatic rings. The van der Waals surface area contributed by atoms with E-state index in [1.165, 1.54) is 0 Å². The van der Waals surface area contributed by atoms with E-state index >= 15 is 0 Å². The van der Waals surface area contributed by atoms with E-state index in [1.54, 1.807) is 24.2 Å². The molecule has 4 rings (SSSR count). The summed E-state index contributed by atoms with van der Waals surface area (Å²) in [6.07, 6.45) is 3.04. The summed E-state index contributed by atoms with van der Waals surface area (Å²) in [6, 6.07) is 14.8. The molecule has 2 amide bonds. The lowest BCUT2D eigenvalue weighted by molar-refractivity contribution is -0.128. The van der Waals surface area contributed by atoms with E-state index in [1.807, 2.05) is 56.3 Å². The highest BCUT2D eigenvalue weighted by molar-refractivity contribution is 5.96. The molecule has 1 aliphatic heterocycles. The number of aromatic nitrogens is 3. The maximum atomic E-state index is 13.5. The highest BCUT2D eigenvalue weighted by Gasteiger charge is 2.45. The molecule has 1 atom stereocenters. The number of hydrogen-bond donors (Lipinski definition) is 2. The summed E-state index contributed by atoms with van der Waals surface area (Å²) in [4.78, 5) is 41.4. The number of nitrogens with one attached hydrogen (secondary N) is 2. The fourth-order valence-corrected chi connectivity index (χ4v) is 4.47. The van der Waals surface area contributed by atoms with Gasteiger partial charge in [0.15, 0.2) is 0 Å². The van der Waals surface area contributed by atoms with Crippen molar-refractivity contribution >= 4 is 23.3 Å². The Bertz CT molecular complexity index is 1150. The van der Waals surface area contributed by atoms with E-state index in [0.717, 1.165) is 11.4 Å². The van der Waals surface area contributed by atoms with Crippen LogP contribution in [-0.2, 0) is 10.2 Å². The molecule has 1 fully saturated rings. The summed E-state index contributed by atoms with van der Waals surface area (Å²) in [5, 5.41) is 6.04. The molecular weight excluding hydrogens is 416 g/mol. The maximum absolute atomic E-state index is 13.5. The number of rotatable bonds is 5. The molecule has 170 valence electrons. The topological polar surface area (TPSA) is 100 Å². The Morgan fingerprint density at radius 3 is 2.64 bits per heavy atom. The predicted octanol–water partition coefficient (Wildman–Crippen LogP) is 3.15. The first-order valence-electron chi connectivity index (χ1n) is 11.0. The molecule has 0 unspecified atom stereocenters. The molecule has 0 spiro atoms. The molecule has 1 saturated heterocycles. The minimum Gasteiger partial charge on any atom is -0.358 e. The van der Waals surface area contributed by atoms with E-state index < -0.39 is 5.41 Å². The third-order valence-corrected chi connectivity index (χ3v) is 5.94. The Morgan fingerprint density at radius 2 is 1.91 bits per heavy atom. The lowest BCUT2D eigenvalue weighted by Gasteiger charge is -2.41. The number of likely N-dealkylation sites (N-methyl/N-ethyl adjacent to an activating group) is 1. The zero-order chi connectivity index (χ0) is 23.4. The Kier molecular flexibility index (Phi) is 6.35. The highest BCUT2D eigenvalue weighted by atomic mass is 16.2. The standard InChI is InChI=1S/C25H28N6O2/c1-17-14-22(29-18(2)28-17)30-20-9-6-8-19(15-20)23(32)31-13-7-11-25(16-31,24(33)26-3)21-10-4-5-12-27-21/h4-6,8-10,12,14-15H,7,11,13,16H2,1-3H3,(H,26,33)(H,28,29,30)/t25-/m0/s1. The van der Waals surface area contributed by atoms with Crippen LogP contribution >= 0.6 is 0 Å². The Hall–Kier alpha value is -3.81. The van der Waals surface area contributed by atoms with Gasteiger partial charge in [-0.2, -0.15) is 0 Å². The van der Waals surface area contributed by atoms with Gasteiger partial charge in [-0.15, -0.1) is 0 Å². The van der Waals surface area contributed by atoms with Gasteiger partial charge in [0.2, 0.25) is 5.91 Å². The molecule has 2 N–H and O–H groups in total. The number of hydrogen-bond acceptors (Lipinski definition) is 6. The average Bonchev–Trinajstić information content (AvgIpc) is 2.83. The predicted molar refractivity (Wildman–Crippen MR) is 126 cm³/mol. The molecule has 2 aromatic heterocycles. The highest BCUT2D eigenvalue weighted by Crippen LogP contribution is 2.34. The van der Waals surface area contributed by atoms with Gasteiger partial charge in [0, 0.05) is 49.3 Å². The van der Waals surface area contributed by atoms with Gasteiger partial charge in [0.1, 0.15) is 17.1 Å². The summed E-state index contributed by atoms with van der Waals surface area (Å²) in [5.74, 6) is 1.12. The van der Waals surface area contributed by atoms with Crippen molar-refractivity contribution in [2.75, 3.05) is 25.5 Å². The van der Waals surface area contributed by atoms with Crippen molar-refractivity contribution < 1.29 is 9.59 Å². The summed E-state index contributed by atoms with van der Waals surface area (Å²) in [7, 11) is 1.62. The molecule has 0 aliphatic carbocycles. The van der Waals surface area contributed by atoms with Gasteiger partial charge in [0.05, 0.1) is 5.69 Å². The zero-order valence-corrected chi connectivity index (χ0v) is 19.1. The van der Waals surface area contributed by atoms with Crippen molar-refractivity contribution in [1.82, 2.24) is 25.2 Å². The van der Waals surface area contributed by atoms with Gasteiger partial charge in [-0.25, -0.2) is 9.97 Å².